The first kappa shape index (κ1) is 11.4. The molecule has 72 valence electrons. The second-order valence-electron chi connectivity index (χ2n) is 2.20. The normalized spacial score (nSPS) is 11.2. The second-order valence-corrected chi connectivity index (χ2v) is 2.20. The minimum absolute atomic E-state index is 0.334. The van der Waals surface area contributed by atoms with Crippen LogP contribution in [0, 0.1) is 0 Å². The molecule has 0 bridgehead atoms. The first-order valence-electron chi connectivity index (χ1n) is 3.32. The Bertz CT molecular complexity index is 266. The number of carbonyl (C=O) groups is 2. The van der Waals surface area contributed by atoms with Crippen molar-refractivity contribution in [2.24, 2.45) is 5.73 Å². The van der Waals surface area contributed by atoms with E-state index in [1.807, 2.05) is 0 Å². The Labute approximate surface area is 74.0 Å². The van der Waals surface area contributed by atoms with Crippen LogP contribution < -0.4 is 5.73 Å². The van der Waals surface area contributed by atoms with E-state index in [2.05, 4.69) is 4.74 Å². The van der Waals surface area contributed by atoms with Gasteiger partial charge in [0.05, 0.1) is 19.1 Å². The molecule has 1 unspecified atom stereocenters. The number of esters is 1. The molecule has 0 rings (SSSR count). The molecular weight excluding hydrogens is 178 g/mol. The number of hydrogen-bond donors (Lipinski definition) is 2. The summed E-state index contributed by atoms with van der Waals surface area (Å²) in [6, 6.07) is -1.50. The van der Waals surface area contributed by atoms with Crippen molar-refractivity contribution in [3.05, 3.63) is 5.57 Å². The smallest absolute Gasteiger partial charge is 0.325 e. The largest absolute Gasteiger partial charge is 0.480 e. The highest BCUT2D eigenvalue weighted by Gasteiger charge is 2.21. The first-order valence-corrected chi connectivity index (χ1v) is 3.32. The van der Waals surface area contributed by atoms with Crippen LogP contribution >= 0.6 is 0 Å². The Kier molecular flexibility index (Phi) is 4.43. The number of ether oxygens (including phenoxy) is 1. The number of carboxylic acids is 1. The molecule has 0 radical (unpaired) electrons. The number of rotatable bonds is 4. The Morgan fingerprint density at radius 2 is 2.15 bits per heavy atom. The molecule has 0 spiro atoms. The molecule has 0 amide bonds. The molecule has 6 nitrogen and oxygen atoms in total. The molecule has 0 aliphatic carbocycles. The zero-order valence-electron chi connectivity index (χ0n) is 6.94. The molecule has 0 aromatic rings. The molecule has 0 aromatic heterocycles. The quantitative estimate of drug-likeness (QED) is 0.419. The van der Waals surface area contributed by atoms with E-state index < -0.39 is 24.4 Å². The third-order valence-corrected chi connectivity index (χ3v) is 1.34. The molecule has 1 atom stereocenters. The summed E-state index contributed by atoms with van der Waals surface area (Å²) >= 11 is 0. The van der Waals surface area contributed by atoms with E-state index in [0.29, 0.717) is 0 Å². The summed E-state index contributed by atoms with van der Waals surface area (Å²) in [5.41, 5.74) is 4.73. The molecule has 6 heteroatoms. The van der Waals surface area contributed by atoms with E-state index in [1.54, 1.807) is 0 Å². The van der Waals surface area contributed by atoms with Gasteiger partial charge in [-0.2, -0.15) is 0 Å². The Morgan fingerprint density at radius 1 is 1.62 bits per heavy atom. The van der Waals surface area contributed by atoms with Gasteiger partial charge in [-0.05, 0) is 0 Å². The van der Waals surface area contributed by atoms with Crippen LogP contribution in [0.25, 0.3) is 0 Å². The molecule has 0 saturated heterocycles. The van der Waals surface area contributed by atoms with Crippen LogP contribution in [0.15, 0.2) is 5.57 Å². The molecule has 3 N–H and O–H groups in total. The highest BCUT2D eigenvalue weighted by atomic mass is 16.5. The van der Waals surface area contributed by atoms with Crippen LogP contribution in [0.1, 0.15) is 6.42 Å². The molecule has 0 aromatic carbocycles. The van der Waals surface area contributed by atoms with Crippen LogP contribution in [0.5, 0.6) is 0 Å². The fraction of sp³-hybridized carbons (Fsp3) is 0.429. The number of methoxy groups -OCH3 is 1. The van der Waals surface area contributed by atoms with Gasteiger partial charge in [0, 0.05) is 0 Å². The van der Waals surface area contributed by atoms with Crippen molar-refractivity contribution in [2.45, 2.75) is 12.5 Å². The molecule has 0 fully saturated rings. The van der Waals surface area contributed by atoms with Crippen molar-refractivity contribution in [3.8, 4) is 0 Å². The van der Waals surface area contributed by atoms with E-state index in [1.165, 1.54) is 5.94 Å². The minimum atomic E-state index is -1.50. The van der Waals surface area contributed by atoms with Gasteiger partial charge in [-0.15, -0.1) is 0 Å². The summed E-state index contributed by atoms with van der Waals surface area (Å²) < 4.78 is 4.23. The van der Waals surface area contributed by atoms with Gasteiger partial charge in [0.15, 0.2) is 0 Å². The number of aliphatic carboxylic acids is 1. The number of carbonyl (C=O) groups excluding carboxylic acids is 2. The van der Waals surface area contributed by atoms with Gasteiger partial charge in [0.25, 0.3) is 0 Å². The zero-order chi connectivity index (χ0) is 10.4. The zero-order valence-corrected chi connectivity index (χ0v) is 6.94. The Morgan fingerprint density at radius 3 is 2.46 bits per heavy atom. The third kappa shape index (κ3) is 3.50. The second kappa shape index (κ2) is 5.08. The average molecular weight is 187 g/mol. The van der Waals surface area contributed by atoms with E-state index >= 15 is 0 Å². The first-order chi connectivity index (χ1) is 6.02. The minimum Gasteiger partial charge on any atom is -0.480 e. The summed E-state index contributed by atoms with van der Waals surface area (Å²) in [7, 11) is 1.12. The van der Waals surface area contributed by atoms with Crippen molar-refractivity contribution < 1.29 is 24.2 Å². The highest BCUT2D eigenvalue weighted by molar-refractivity contribution is 5.85. The topological polar surface area (TPSA) is 107 Å². The van der Waals surface area contributed by atoms with Gasteiger partial charge in [-0.1, -0.05) is 0 Å². The summed E-state index contributed by atoms with van der Waals surface area (Å²) in [5.74, 6) is -0.805. The number of nitrogens with two attached hydrogens (primary N) is 1. The van der Waals surface area contributed by atoms with Crippen molar-refractivity contribution >= 4 is 17.9 Å². The van der Waals surface area contributed by atoms with Crippen LogP contribution in [0.3, 0.4) is 0 Å². The lowest BCUT2D eigenvalue weighted by Crippen LogP contribution is -2.33. The van der Waals surface area contributed by atoms with Gasteiger partial charge >= 0.3 is 11.9 Å². The molecule has 0 aliphatic heterocycles. The van der Waals surface area contributed by atoms with Crippen LogP contribution in [0.2, 0.25) is 0 Å². The van der Waals surface area contributed by atoms with Crippen molar-refractivity contribution in [1.29, 1.82) is 0 Å². The third-order valence-electron chi connectivity index (χ3n) is 1.34. The predicted molar refractivity (Wildman–Crippen MR) is 41.5 cm³/mol. The van der Waals surface area contributed by atoms with Gasteiger partial charge in [0.2, 0.25) is 0 Å². The Balaban J connectivity index is 4.47. The fourth-order valence-electron chi connectivity index (χ4n) is 0.586. The van der Waals surface area contributed by atoms with Crippen molar-refractivity contribution in [1.82, 2.24) is 0 Å². The van der Waals surface area contributed by atoms with E-state index in [0.717, 1.165) is 7.11 Å². The summed E-state index contributed by atoms with van der Waals surface area (Å²) in [6.45, 7) is 0. The van der Waals surface area contributed by atoms with E-state index in [4.69, 9.17) is 10.8 Å². The number of hydrogen-bond acceptors (Lipinski definition) is 5. The van der Waals surface area contributed by atoms with Gasteiger partial charge in [0.1, 0.15) is 12.0 Å². The van der Waals surface area contributed by atoms with Crippen LogP contribution in [0.4, 0.5) is 0 Å². The standard InChI is InChI=1S/C7H9NO5/c1-13-5(10)2-4(3-9)6(8)7(11)12/h6H,2,8H2,1H3,(H,11,12). The monoisotopic (exact) mass is 187 g/mol. The van der Waals surface area contributed by atoms with Crippen LogP contribution in [-0.2, 0) is 19.1 Å². The summed E-state index contributed by atoms with van der Waals surface area (Å²) in [4.78, 5) is 31.1. The lowest BCUT2D eigenvalue weighted by molar-refractivity contribution is -0.140. The van der Waals surface area contributed by atoms with E-state index in [-0.39, 0.29) is 5.57 Å². The maximum absolute atomic E-state index is 10.6. The summed E-state index contributed by atoms with van der Waals surface area (Å²) in [5, 5.41) is 8.39. The van der Waals surface area contributed by atoms with E-state index in [9.17, 15) is 14.4 Å². The maximum Gasteiger partial charge on any atom is 0.325 e. The van der Waals surface area contributed by atoms with Crippen LogP contribution in [-0.4, -0.2) is 36.1 Å². The summed E-state index contributed by atoms with van der Waals surface area (Å²) in [6.07, 6.45) is -0.451. The molecular formula is C7H9NO5. The lowest BCUT2D eigenvalue weighted by Gasteiger charge is -2.05. The van der Waals surface area contributed by atoms with Crippen molar-refractivity contribution in [3.63, 3.8) is 0 Å². The average Bonchev–Trinajstić information content (AvgIpc) is 2.12. The maximum atomic E-state index is 10.6. The molecule has 0 aliphatic rings. The highest BCUT2D eigenvalue weighted by Crippen LogP contribution is 2.02. The molecule has 13 heavy (non-hydrogen) atoms. The number of carboxylic acid groups (broad SMARTS) is 1. The molecule has 0 saturated carbocycles. The van der Waals surface area contributed by atoms with Crippen molar-refractivity contribution in [2.75, 3.05) is 7.11 Å². The lowest BCUT2D eigenvalue weighted by atomic mass is 10.1. The molecule has 0 heterocycles. The Hall–Kier alpha value is -1.65. The fourth-order valence-corrected chi connectivity index (χ4v) is 0.586. The SMILES string of the molecule is COC(=O)CC(=C=O)C(N)C(=O)O. The van der Waals surface area contributed by atoms with Gasteiger partial charge in [-0.3, -0.25) is 9.59 Å². The van der Waals surface area contributed by atoms with Gasteiger partial charge in [-0.25, -0.2) is 4.79 Å². The predicted octanol–water partition coefficient (Wildman–Crippen LogP) is -1.28. The van der Waals surface area contributed by atoms with Gasteiger partial charge < -0.3 is 15.6 Å².